The zero-order chi connectivity index (χ0) is 20.2. The van der Waals surface area contributed by atoms with E-state index in [1.54, 1.807) is 0 Å². The molecule has 1 aliphatic rings. The first-order chi connectivity index (χ1) is 12.6. The first kappa shape index (κ1) is 20.6. The summed E-state index contributed by atoms with van der Waals surface area (Å²) in [5, 5.41) is 8.15. The number of carbonyl (C=O) groups excluding carboxylic acids is 1. The highest BCUT2D eigenvalue weighted by Gasteiger charge is 2.38. The number of amides is 1. The summed E-state index contributed by atoms with van der Waals surface area (Å²) in [6, 6.07) is 8.07. The summed E-state index contributed by atoms with van der Waals surface area (Å²) < 4.78 is 37.0. The van der Waals surface area contributed by atoms with Gasteiger partial charge < -0.3 is 14.7 Å². The largest absolute Gasteiger partial charge is 0.490 e. The molecule has 0 atom stereocenters. The van der Waals surface area contributed by atoms with Crippen LogP contribution in [0.15, 0.2) is 24.3 Å². The Balaban J connectivity index is 0.000000321. The molecule has 1 amide bonds. The minimum Gasteiger partial charge on any atom is -0.475 e. The van der Waals surface area contributed by atoms with Crippen LogP contribution in [0.5, 0.6) is 0 Å². The van der Waals surface area contributed by atoms with Crippen molar-refractivity contribution in [2.45, 2.75) is 20.0 Å². The van der Waals surface area contributed by atoms with Crippen molar-refractivity contribution in [1.29, 1.82) is 0 Å². The number of hydrogen-bond donors (Lipinski definition) is 1. The van der Waals surface area contributed by atoms with Crippen molar-refractivity contribution in [3.63, 3.8) is 0 Å². The number of hydrogen-bond acceptors (Lipinski definition) is 4. The Morgan fingerprint density at radius 3 is 2.30 bits per heavy atom. The first-order valence-electron chi connectivity index (χ1n) is 8.14. The molecule has 146 valence electrons. The van der Waals surface area contributed by atoms with Gasteiger partial charge in [0.15, 0.2) is 0 Å². The number of nitrogens with zero attached hydrogens (tertiary/aromatic N) is 2. The summed E-state index contributed by atoms with van der Waals surface area (Å²) in [6.07, 6.45) is -5.08. The van der Waals surface area contributed by atoms with E-state index >= 15 is 0 Å². The third-order valence-electron chi connectivity index (χ3n) is 3.93. The predicted molar refractivity (Wildman–Crippen MR) is 91.6 cm³/mol. The van der Waals surface area contributed by atoms with E-state index < -0.39 is 12.1 Å². The van der Waals surface area contributed by atoms with Crippen molar-refractivity contribution in [2.24, 2.45) is 0 Å². The van der Waals surface area contributed by atoms with Crippen LogP contribution in [0.4, 0.5) is 13.2 Å². The number of aliphatic carboxylic acids is 1. The quantitative estimate of drug-likeness (QED) is 0.818. The number of carboxylic acid groups (broad SMARTS) is 1. The van der Waals surface area contributed by atoms with Gasteiger partial charge in [0.2, 0.25) is 0 Å². The molecule has 1 N–H and O–H groups in total. The van der Waals surface area contributed by atoms with Crippen molar-refractivity contribution in [3.8, 4) is 0 Å². The van der Waals surface area contributed by atoms with E-state index in [-0.39, 0.29) is 5.91 Å². The van der Waals surface area contributed by atoms with Gasteiger partial charge in [0.1, 0.15) is 0 Å². The lowest BCUT2D eigenvalue weighted by atomic mass is 10.1. The molecule has 0 saturated carbocycles. The molecule has 0 spiro atoms. The molecule has 3 rings (SSSR count). The Morgan fingerprint density at radius 2 is 1.74 bits per heavy atom. The maximum Gasteiger partial charge on any atom is 0.490 e. The van der Waals surface area contributed by atoms with Gasteiger partial charge in [-0.05, 0) is 32.0 Å². The third-order valence-corrected chi connectivity index (χ3v) is 3.93. The maximum absolute atomic E-state index is 12.6. The molecule has 0 bridgehead atoms. The number of morpholine rings is 1. The Labute approximate surface area is 153 Å². The van der Waals surface area contributed by atoms with E-state index in [2.05, 4.69) is 11.1 Å². The van der Waals surface area contributed by atoms with Crippen LogP contribution in [0, 0.1) is 13.8 Å². The van der Waals surface area contributed by atoms with Gasteiger partial charge >= 0.3 is 12.1 Å². The predicted octanol–water partition coefficient (Wildman–Crippen LogP) is 2.96. The van der Waals surface area contributed by atoms with E-state index in [0.717, 1.165) is 16.6 Å². The Morgan fingerprint density at radius 1 is 1.15 bits per heavy atom. The fourth-order valence-electron chi connectivity index (χ4n) is 2.55. The number of alkyl halides is 3. The number of aromatic nitrogens is 1. The summed E-state index contributed by atoms with van der Waals surface area (Å²) in [7, 11) is 0. The van der Waals surface area contributed by atoms with E-state index in [1.165, 1.54) is 5.56 Å². The van der Waals surface area contributed by atoms with Gasteiger partial charge in [0.05, 0.1) is 30.0 Å². The summed E-state index contributed by atoms with van der Waals surface area (Å²) in [5.74, 6) is -2.70. The van der Waals surface area contributed by atoms with Crippen molar-refractivity contribution in [3.05, 3.63) is 41.1 Å². The molecule has 1 saturated heterocycles. The van der Waals surface area contributed by atoms with Crippen LogP contribution in [0.2, 0.25) is 0 Å². The highest BCUT2D eigenvalue weighted by molar-refractivity contribution is 5.98. The van der Waals surface area contributed by atoms with Crippen LogP contribution in [0.1, 0.15) is 21.6 Å². The van der Waals surface area contributed by atoms with Gasteiger partial charge in [-0.15, -0.1) is 0 Å². The number of rotatable bonds is 1. The highest BCUT2D eigenvalue weighted by Crippen LogP contribution is 2.19. The molecule has 2 heterocycles. The number of pyridine rings is 1. The molecule has 1 aliphatic heterocycles. The lowest BCUT2D eigenvalue weighted by molar-refractivity contribution is -0.192. The van der Waals surface area contributed by atoms with Gasteiger partial charge in [0, 0.05) is 18.5 Å². The molecule has 0 radical (unpaired) electrons. The Kier molecular flexibility index (Phi) is 6.37. The van der Waals surface area contributed by atoms with Crippen LogP contribution in [-0.2, 0) is 9.53 Å². The maximum atomic E-state index is 12.6. The van der Waals surface area contributed by atoms with Crippen LogP contribution in [-0.4, -0.2) is 59.3 Å². The Hall–Kier alpha value is -2.68. The summed E-state index contributed by atoms with van der Waals surface area (Å²) in [4.78, 5) is 27.9. The summed E-state index contributed by atoms with van der Waals surface area (Å²) in [5.41, 5.74) is 3.60. The average molecular weight is 384 g/mol. The zero-order valence-electron chi connectivity index (χ0n) is 14.8. The van der Waals surface area contributed by atoms with Gasteiger partial charge in [0.25, 0.3) is 5.91 Å². The zero-order valence-corrected chi connectivity index (χ0v) is 14.8. The fourth-order valence-corrected chi connectivity index (χ4v) is 2.55. The van der Waals surface area contributed by atoms with Gasteiger partial charge in [-0.2, -0.15) is 13.2 Å². The molecule has 0 unspecified atom stereocenters. The average Bonchev–Trinajstić information content (AvgIpc) is 2.61. The van der Waals surface area contributed by atoms with Crippen LogP contribution in [0.3, 0.4) is 0 Å². The standard InChI is InChI=1S/C16H18N2O2.C2HF3O2/c1-11-3-4-15-13(9-11)10-14(12(2)17-15)16(19)18-5-7-20-8-6-18;3-2(4,5)1(6)7/h3-4,9-10H,5-8H2,1-2H3;(H,6,7). The number of aryl methyl sites for hydroxylation is 2. The smallest absolute Gasteiger partial charge is 0.475 e. The number of carbonyl (C=O) groups is 2. The van der Waals surface area contributed by atoms with Crippen molar-refractivity contribution >= 4 is 22.8 Å². The molecule has 1 fully saturated rings. The number of carboxylic acids is 1. The van der Waals surface area contributed by atoms with Crippen molar-refractivity contribution in [2.75, 3.05) is 26.3 Å². The summed E-state index contributed by atoms with van der Waals surface area (Å²) >= 11 is 0. The molecule has 9 heteroatoms. The van der Waals surface area contributed by atoms with Crippen LogP contribution >= 0.6 is 0 Å². The SMILES string of the molecule is Cc1ccc2nc(C)c(C(=O)N3CCOCC3)cc2c1.O=C(O)C(F)(F)F. The topological polar surface area (TPSA) is 79.7 Å². The minimum absolute atomic E-state index is 0.0571. The molecule has 0 aliphatic carbocycles. The molecular weight excluding hydrogens is 365 g/mol. The third kappa shape index (κ3) is 5.40. The second-order valence-electron chi connectivity index (χ2n) is 6.02. The van der Waals surface area contributed by atoms with Gasteiger partial charge in [-0.1, -0.05) is 11.6 Å². The number of fused-ring (bicyclic) bond motifs is 1. The monoisotopic (exact) mass is 384 g/mol. The molecule has 2 aromatic rings. The highest BCUT2D eigenvalue weighted by atomic mass is 19.4. The molecule has 6 nitrogen and oxygen atoms in total. The molecular formula is C18H19F3N2O4. The number of benzene rings is 1. The number of halogens is 3. The molecule has 1 aromatic carbocycles. The lowest BCUT2D eigenvalue weighted by Crippen LogP contribution is -2.41. The normalized spacial score (nSPS) is 14.5. The second kappa shape index (κ2) is 8.34. The van der Waals surface area contributed by atoms with Gasteiger partial charge in [-0.25, -0.2) is 4.79 Å². The van der Waals surface area contributed by atoms with E-state index in [9.17, 15) is 18.0 Å². The first-order valence-corrected chi connectivity index (χ1v) is 8.14. The van der Waals surface area contributed by atoms with Crippen molar-refractivity contribution < 1.29 is 32.6 Å². The van der Waals surface area contributed by atoms with E-state index in [0.29, 0.717) is 31.9 Å². The summed E-state index contributed by atoms with van der Waals surface area (Å²) in [6.45, 7) is 6.49. The Bertz CT molecular complexity index is 846. The van der Waals surface area contributed by atoms with E-state index in [4.69, 9.17) is 14.6 Å². The van der Waals surface area contributed by atoms with Crippen LogP contribution in [0.25, 0.3) is 10.9 Å². The van der Waals surface area contributed by atoms with Crippen molar-refractivity contribution in [1.82, 2.24) is 9.88 Å². The fraction of sp³-hybridized carbons (Fsp3) is 0.389. The molecule has 1 aromatic heterocycles. The molecule has 27 heavy (non-hydrogen) atoms. The van der Waals surface area contributed by atoms with E-state index in [1.807, 2.05) is 36.9 Å². The minimum atomic E-state index is -5.08. The van der Waals surface area contributed by atoms with Gasteiger partial charge in [-0.3, -0.25) is 9.78 Å². The lowest BCUT2D eigenvalue weighted by Gasteiger charge is -2.27. The second-order valence-corrected chi connectivity index (χ2v) is 6.02. The number of ether oxygens (including phenoxy) is 1. The van der Waals surface area contributed by atoms with Crippen LogP contribution < -0.4 is 0 Å².